The molecular weight excluding hydrogens is 372 g/mol. The van der Waals surface area contributed by atoms with Gasteiger partial charge in [-0.1, -0.05) is 0 Å². The van der Waals surface area contributed by atoms with Crippen LogP contribution in [-0.2, 0) is 11.3 Å². The van der Waals surface area contributed by atoms with Gasteiger partial charge in [0.05, 0.1) is 19.4 Å². The number of likely N-dealkylation sites (tertiary alicyclic amines) is 1. The van der Waals surface area contributed by atoms with Crippen LogP contribution >= 0.6 is 12.2 Å². The van der Waals surface area contributed by atoms with Gasteiger partial charge in [-0.3, -0.25) is 9.80 Å². The molecule has 0 spiro atoms. The molecule has 28 heavy (non-hydrogen) atoms. The average Bonchev–Trinajstić information content (AvgIpc) is 3.38. The second kappa shape index (κ2) is 9.57. The molecule has 0 amide bonds. The Balaban J connectivity index is 1.21. The van der Waals surface area contributed by atoms with Crippen molar-refractivity contribution < 1.29 is 9.15 Å². The number of piperidine rings is 3. The van der Waals surface area contributed by atoms with Crippen molar-refractivity contribution in [3.63, 3.8) is 0 Å². The van der Waals surface area contributed by atoms with Gasteiger partial charge in [-0.05, 0) is 75.0 Å². The summed E-state index contributed by atoms with van der Waals surface area (Å²) in [4.78, 5) is 5.38. The highest BCUT2D eigenvalue weighted by molar-refractivity contribution is 7.80. The summed E-state index contributed by atoms with van der Waals surface area (Å²) in [6.45, 7) is 7.42. The molecule has 4 fully saturated rings. The van der Waals surface area contributed by atoms with Crippen LogP contribution in [0.3, 0.4) is 0 Å². The van der Waals surface area contributed by atoms with E-state index in [4.69, 9.17) is 21.4 Å². The van der Waals surface area contributed by atoms with Gasteiger partial charge in [-0.15, -0.1) is 0 Å². The van der Waals surface area contributed by atoms with Gasteiger partial charge >= 0.3 is 0 Å². The van der Waals surface area contributed by atoms with Gasteiger partial charge in [0, 0.05) is 38.8 Å². The number of ether oxygens (including phenoxy) is 1. The molecule has 0 saturated carbocycles. The highest BCUT2D eigenvalue weighted by atomic mass is 32.1. The van der Waals surface area contributed by atoms with Crippen molar-refractivity contribution in [2.24, 2.45) is 11.8 Å². The first-order valence-electron chi connectivity index (χ1n) is 10.7. The fourth-order valence-corrected chi connectivity index (χ4v) is 5.50. The van der Waals surface area contributed by atoms with Crippen molar-refractivity contribution in [3.05, 3.63) is 24.2 Å². The van der Waals surface area contributed by atoms with Crippen LogP contribution in [0.4, 0.5) is 0 Å². The number of nitrogens with one attached hydrogen (secondary N) is 2. The van der Waals surface area contributed by atoms with Gasteiger partial charge in [-0.2, -0.15) is 0 Å². The Hall–Kier alpha value is -1.15. The largest absolute Gasteiger partial charge is 0.467 e. The van der Waals surface area contributed by atoms with E-state index in [-0.39, 0.29) is 0 Å². The van der Waals surface area contributed by atoms with Crippen LogP contribution in [0.25, 0.3) is 0 Å². The van der Waals surface area contributed by atoms with Gasteiger partial charge in [0.1, 0.15) is 5.76 Å². The molecule has 6 nitrogen and oxygen atoms in total. The molecule has 5 atom stereocenters. The van der Waals surface area contributed by atoms with E-state index < -0.39 is 0 Å². The van der Waals surface area contributed by atoms with E-state index in [2.05, 4.69) is 20.4 Å². The van der Waals surface area contributed by atoms with Crippen LogP contribution in [0, 0.1) is 11.8 Å². The van der Waals surface area contributed by atoms with Crippen LogP contribution in [0.15, 0.2) is 22.8 Å². The summed E-state index contributed by atoms with van der Waals surface area (Å²) in [6.07, 6.45) is 6.95. The minimum Gasteiger partial charge on any atom is -0.467 e. The molecule has 5 unspecified atom stereocenters. The second-order valence-corrected chi connectivity index (χ2v) is 8.99. The van der Waals surface area contributed by atoms with Gasteiger partial charge in [0.2, 0.25) is 0 Å². The highest BCUT2D eigenvalue weighted by Crippen LogP contribution is 2.37. The zero-order valence-corrected chi connectivity index (χ0v) is 17.8. The molecule has 4 aliphatic rings. The van der Waals surface area contributed by atoms with Crippen LogP contribution in [-0.4, -0.2) is 73.4 Å². The number of methoxy groups -OCH3 is 1. The summed E-state index contributed by atoms with van der Waals surface area (Å²) in [7, 11) is 1.83. The molecule has 1 aromatic heterocycles. The molecule has 2 bridgehead atoms. The zero-order chi connectivity index (χ0) is 19.3. The van der Waals surface area contributed by atoms with E-state index in [1.54, 1.807) is 6.26 Å². The first-order valence-corrected chi connectivity index (χ1v) is 11.1. The number of furan rings is 1. The van der Waals surface area contributed by atoms with Gasteiger partial charge in [-0.25, -0.2) is 0 Å². The van der Waals surface area contributed by atoms with E-state index in [0.717, 1.165) is 35.9 Å². The van der Waals surface area contributed by atoms with E-state index in [1.165, 1.54) is 51.9 Å². The van der Waals surface area contributed by atoms with E-state index in [9.17, 15) is 0 Å². The minimum atomic E-state index is 0.603. The van der Waals surface area contributed by atoms with E-state index in [0.29, 0.717) is 18.6 Å². The molecular formula is C21H34N4O2S. The molecule has 2 N–H and O–H groups in total. The number of nitrogens with zero attached hydrogens (tertiary/aromatic N) is 2. The number of hydrogen-bond donors (Lipinski definition) is 2. The molecule has 5 heterocycles. The average molecular weight is 407 g/mol. The number of rotatable bonds is 8. The maximum Gasteiger partial charge on any atom is 0.166 e. The summed E-state index contributed by atoms with van der Waals surface area (Å²) >= 11 is 5.44. The van der Waals surface area contributed by atoms with Crippen LogP contribution in [0.2, 0.25) is 0 Å². The van der Waals surface area contributed by atoms with Crippen molar-refractivity contribution in [3.8, 4) is 0 Å². The summed E-state index contributed by atoms with van der Waals surface area (Å²) in [5, 5.41) is 7.37. The first-order chi connectivity index (χ1) is 13.7. The lowest BCUT2D eigenvalue weighted by Gasteiger charge is -2.51. The maximum atomic E-state index is 5.44. The fraction of sp³-hybridized carbons (Fsp3) is 0.762. The SMILES string of the molecule is COCC1CCCN1CC1CN2CCC1CC2CNC(=S)NCc1ccco1. The lowest BCUT2D eigenvalue weighted by Crippen LogP contribution is -2.59. The Bertz CT molecular complexity index is 626. The van der Waals surface area contributed by atoms with Crippen molar-refractivity contribution in [1.29, 1.82) is 0 Å². The Morgan fingerprint density at radius 1 is 1.29 bits per heavy atom. The van der Waals surface area contributed by atoms with Crippen LogP contribution < -0.4 is 10.6 Å². The quantitative estimate of drug-likeness (QED) is 0.641. The number of thiocarbonyl (C=S) groups is 1. The second-order valence-electron chi connectivity index (χ2n) is 8.58. The molecule has 0 aliphatic carbocycles. The molecule has 0 radical (unpaired) electrons. The smallest absolute Gasteiger partial charge is 0.166 e. The Labute approximate surface area is 174 Å². The van der Waals surface area contributed by atoms with Crippen molar-refractivity contribution in [2.75, 3.05) is 46.4 Å². The maximum absolute atomic E-state index is 5.44. The highest BCUT2D eigenvalue weighted by Gasteiger charge is 2.41. The lowest BCUT2D eigenvalue weighted by molar-refractivity contribution is -0.0158. The number of hydrogen-bond acceptors (Lipinski definition) is 5. The third-order valence-corrected chi connectivity index (χ3v) is 7.13. The first kappa shape index (κ1) is 20.1. The third kappa shape index (κ3) is 4.87. The van der Waals surface area contributed by atoms with Crippen LogP contribution in [0.1, 0.15) is 31.4 Å². The minimum absolute atomic E-state index is 0.603. The monoisotopic (exact) mass is 406 g/mol. The summed E-state index contributed by atoms with van der Waals surface area (Å²) < 4.78 is 10.8. The predicted molar refractivity (Wildman–Crippen MR) is 114 cm³/mol. The Morgan fingerprint density at radius 2 is 2.21 bits per heavy atom. The van der Waals surface area contributed by atoms with Crippen molar-refractivity contribution in [2.45, 2.75) is 44.3 Å². The lowest BCUT2D eigenvalue weighted by atomic mass is 9.75. The Morgan fingerprint density at radius 3 is 2.96 bits per heavy atom. The van der Waals surface area contributed by atoms with Crippen molar-refractivity contribution >= 4 is 17.3 Å². The van der Waals surface area contributed by atoms with Gasteiger partial charge < -0.3 is 19.8 Å². The number of fused-ring (bicyclic) bond motifs is 3. The van der Waals surface area contributed by atoms with Gasteiger partial charge in [0.15, 0.2) is 5.11 Å². The molecule has 1 aromatic rings. The standard InChI is InChI=1S/C21H34N4O2S/c1-26-15-18-4-2-7-24(18)13-17-14-25-8-6-16(17)10-19(25)11-22-21(28)23-12-20-5-3-9-27-20/h3,5,9,16-19H,2,4,6-8,10-15H2,1H3,(H2,22,23,28). The summed E-state index contributed by atoms with van der Waals surface area (Å²) in [5.41, 5.74) is 0. The predicted octanol–water partition coefficient (Wildman–Crippen LogP) is 2.06. The van der Waals surface area contributed by atoms with E-state index >= 15 is 0 Å². The third-order valence-electron chi connectivity index (χ3n) is 6.84. The van der Waals surface area contributed by atoms with Crippen molar-refractivity contribution in [1.82, 2.24) is 20.4 Å². The molecule has 5 rings (SSSR count). The fourth-order valence-electron chi connectivity index (χ4n) is 5.34. The zero-order valence-electron chi connectivity index (χ0n) is 16.9. The summed E-state index contributed by atoms with van der Waals surface area (Å²) in [5.74, 6) is 2.57. The molecule has 4 aliphatic heterocycles. The molecule has 4 saturated heterocycles. The van der Waals surface area contributed by atoms with E-state index in [1.807, 2.05) is 19.2 Å². The molecule has 0 aromatic carbocycles. The normalized spacial score (nSPS) is 32.5. The molecule has 7 heteroatoms. The van der Waals surface area contributed by atoms with Gasteiger partial charge in [0.25, 0.3) is 0 Å². The topological polar surface area (TPSA) is 52.9 Å². The van der Waals surface area contributed by atoms with Crippen LogP contribution in [0.5, 0.6) is 0 Å². The Kier molecular flexibility index (Phi) is 6.88. The summed E-state index contributed by atoms with van der Waals surface area (Å²) in [6, 6.07) is 5.09. The molecule has 156 valence electrons.